The molecule has 0 saturated carbocycles. The van der Waals surface area contributed by atoms with Crippen molar-refractivity contribution in [1.82, 2.24) is 0 Å². The first kappa shape index (κ1) is 26.0. The SMILES string of the molecule is C[C@H](N)C(=O)OC(C(=O)O)C(=O)O.[NaH].[NaH].[NaH]. The van der Waals surface area contributed by atoms with E-state index < -0.39 is 30.1 Å². The molecule has 80 valence electrons. The van der Waals surface area contributed by atoms with Crippen LogP contribution >= 0.6 is 0 Å². The second-order valence-corrected chi connectivity index (χ2v) is 2.28. The summed E-state index contributed by atoms with van der Waals surface area (Å²) in [6.07, 6.45) is -2.20. The molecule has 0 heterocycles. The van der Waals surface area contributed by atoms with Crippen LogP contribution in [0, 0.1) is 0 Å². The van der Waals surface area contributed by atoms with E-state index in [4.69, 9.17) is 15.9 Å². The van der Waals surface area contributed by atoms with Crippen molar-refractivity contribution in [1.29, 1.82) is 0 Å². The summed E-state index contributed by atoms with van der Waals surface area (Å²) in [4.78, 5) is 31.1. The monoisotopic (exact) mass is 263 g/mol. The van der Waals surface area contributed by atoms with Gasteiger partial charge in [0.05, 0.1) is 0 Å². The molecule has 7 nitrogen and oxygen atoms in total. The molecule has 0 bridgehead atoms. The maximum atomic E-state index is 10.7. The second-order valence-electron chi connectivity index (χ2n) is 2.28. The van der Waals surface area contributed by atoms with Crippen LogP contribution in [-0.4, -0.2) is 129 Å². The van der Waals surface area contributed by atoms with Crippen molar-refractivity contribution in [2.24, 2.45) is 5.73 Å². The van der Waals surface area contributed by atoms with Crippen LogP contribution < -0.4 is 5.73 Å². The van der Waals surface area contributed by atoms with E-state index >= 15 is 0 Å². The van der Waals surface area contributed by atoms with Crippen LogP contribution in [0.5, 0.6) is 0 Å². The number of rotatable bonds is 4. The van der Waals surface area contributed by atoms with E-state index in [2.05, 4.69) is 4.74 Å². The van der Waals surface area contributed by atoms with Crippen LogP contribution in [0.2, 0.25) is 0 Å². The molecule has 0 aliphatic carbocycles. The summed E-state index contributed by atoms with van der Waals surface area (Å²) >= 11 is 0. The van der Waals surface area contributed by atoms with Crippen molar-refractivity contribution in [2.75, 3.05) is 0 Å². The normalized spacial score (nSPS) is 9.94. The molecule has 0 spiro atoms. The Bertz CT molecular complexity index is 232. The molecule has 0 unspecified atom stereocenters. The first-order valence-corrected chi connectivity index (χ1v) is 3.28. The molecule has 4 N–H and O–H groups in total. The predicted molar refractivity (Wildman–Crippen MR) is 60.2 cm³/mol. The van der Waals surface area contributed by atoms with E-state index in [1.54, 1.807) is 0 Å². The van der Waals surface area contributed by atoms with Crippen LogP contribution in [0.4, 0.5) is 0 Å². The molecular weight excluding hydrogens is 251 g/mol. The van der Waals surface area contributed by atoms with Crippen molar-refractivity contribution in [3.05, 3.63) is 0 Å². The summed E-state index contributed by atoms with van der Waals surface area (Å²) in [5.74, 6) is -4.57. The van der Waals surface area contributed by atoms with Crippen molar-refractivity contribution < 1.29 is 29.3 Å². The Morgan fingerprint density at radius 2 is 1.38 bits per heavy atom. The minimum absolute atomic E-state index is 0. The molecule has 0 saturated heterocycles. The maximum absolute atomic E-state index is 10.7. The van der Waals surface area contributed by atoms with Gasteiger partial charge in [0.1, 0.15) is 6.04 Å². The number of ether oxygens (including phenoxy) is 1. The quantitative estimate of drug-likeness (QED) is 0.272. The Kier molecular flexibility index (Phi) is 20.9. The molecule has 0 rings (SSSR count). The molecule has 0 aliphatic rings. The van der Waals surface area contributed by atoms with Crippen LogP contribution in [0.3, 0.4) is 0 Å². The van der Waals surface area contributed by atoms with E-state index in [1.165, 1.54) is 6.92 Å². The summed E-state index contributed by atoms with van der Waals surface area (Å²) < 4.78 is 4.07. The molecule has 0 amide bonds. The number of carbonyl (C=O) groups excluding carboxylic acids is 1. The molecule has 0 aromatic rings. The molecule has 0 radical (unpaired) electrons. The van der Waals surface area contributed by atoms with E-state index in [9.17, 15) is 14.4 Å². The van der Waals surface area contributed by atoms with Gasteiger partial charge < -0.3 is 20.7 Å². The summed E-state index contributed by atoms with van der Waals surface area (Å²) in [5.41, 5.74) is 5.02. The van der Waals surface area contributed by atoms with E-state index in [0.29, 0.717) is 0 Å². The van der Waals surface area contributed by atoms with Gasteiger partial charge in [0, 0.05) is 0 Å². The van der Waals surface area contributed by atoms with Crippen LogP contribution in [0.1, 0.15) is 6.92 Å². The summed E-state index contributed by atoms with van der Waals surface area (Å²) in [6, 6.07) is -1.05. The number of nitrogens with two attached hydrogens (primary N) is 1. The number of carboxylic acid groups (broad SMARTS) is 2. The van der Waals surface area contributed by atoms with Crippen LogP contribution in [-0.2, 0) is 19.1 Å². The number of carboxylic acids is 2. The van der Waals surface area contributed by atoms with Gasteiger partial charge in [0.15, 0.2) is 0 Å². The summed E-state index contributed by atoms with van der Waals surface area (Å²) in [7, 11) is 0. The Morgan fingerprint density at radius 3 is 1.56 bits per heavy atom. The van der Waals surface area contributed by atoms with Gasteiger partial charge in [-0.3, -0.25) is 4.79 Å². The fraction of sp³-hybridized carbons (Fsp3) is 0.500. The number of aliphatic carboxylic acids is 2. The third-order valence-corrected chi connectivity index (χ3v) is 1.05. The first-order valence-electron chi connectivity index (χ1n) is 3.28. The second kappa shape index (κ2) is 12.8. The van der Waals surface area contributed by atoms with Gasteiger partial charge in [-0.25, -0.2) is 9.59 Å². The average molecular weight is 263 g/mol. The molecule has 0 aliphatic heterocycles. The molecule has 0 aromatic heterocycles. The fourth-order valence-electron chi connectivity index (χ4n) is 0.430. The van der Waals surface area contributed by atoms with Gasteiger partial charge in [-0.1, -0.05) is 0 Å². The Labute approximate surface area is 158 Å². The average Bonchev–Trinajstić information content (AvgIpc) is 1.97. The van der Waals surface area contributed by atoms with Gasteiger partial charge in [0.2, 0.25) is 0 Å². The zero-order valence-corrected chi connectivity index (χ0v) is 6.76. The molecular formula is C6H12NNa3O6. The number of hydrogen-bond donors (Lipinski definition) is 3. The van der Waals surface area contributed by atoms with E-state index in [1.807, 2.05) is 0 Å². The van der Waals surface area contributed by atoms with Gasteiger partial charge in [0.25, 0.3) is 6.10 Å². The molecule has 1 atom stereocenters. The van der Waals surface area contributed by atoms with Gasteiger partial charge in [-0.2, -0.15) is 0 Å². The van der Waals surface area contributed by atoms with Gasteiger partial charge in [-0.15, -0.1) is 0 Å². The molecule has 0 fully saturated rings. The van der Waals surface area contributed by atoms with Crippen LogP contribution in [0.25, 0.3) is 0 Å². The molecule has 10 heteroatoms. The first-order chi connectivity index (χ1) is 5.86. The topological polar surface area (TPSA) is 127 Å². The van der Waals surface area contributed by atoms with Crippen molar-refractivity contribution >= 4 is 107 Å². The van der Waals surface area contributed by atoms with E-state index in [0.717, 1.165) is 0 Å². The number of hydrogen-bond acceptors (Lipinski definition) is 5. The fourth-order valence-corrected chi connectivity index (χ4v) is 0.430. The summed E-state index contributed by atoms with van der Waals surface area (Å²) in [5, 5.41) is 16.6. The van der Waals surface area contributed by atoms with Gasteiger partial charge in [-0.05, 0) is 6.92 Å². The van der Waals surface area contributed by atoms with E-state index in [-0.39, 0.29) is 88.7 Å². The Hall–Kier alpha value is 1.37. The number of esters is 1. The van der Waals surface area contributed by atoms with Crippen molar-refractivity contribution in [2.45, 2.75) is 19.1 Å². The Morgan fingerprint density at radius 1 is 1.06 bits per heavy atom. The minimum atomic E-state index is -2.20. The summed E-state index contributed by atoms with van der Waals surface area (Å²) in [6.45, 7) is 1.25. The zero-order valence-electron chi connectivity index (χ0n) is 6.76. The standard InChI is InChI=1S/C6H9NO6.3Na.3H/c1-2(7)6(12)13-3(4(8)9)5(10)11;;;;;;/h2-3H,7H2,1H3,(H,8,9)(H,10,11);;;;;;/t2-;;;;;;/m0....../s1. The van der Waals surface area contributed by atoms with Crippen molar-refractivity contribution in [3.8, 4) is 0 Å². The third kappa shape index (κ3) is 10.5. The Balaban J connectivity index is -0.000000240. The zero-order chi connectivity index (χ0) is 10.6. The van der Waals surface area contributed by atoms with Gasteiger partial charge >= 0.3 is 107 Å². The third-order valence-electron chi connectivity index (χ3n) is 1.05. The van der Waals surface area contributed by atoms with Crippen LogP contribution in [0.15, 0.2) is 0 Å². The number of carbonyl (C=O) groups is 3. The predicted octanol–water partition coefficient (Wildman–Crippen LogP) is -3.53. The van der Waals surface area contributed by atoms with Crippen molar-refractivity contribution in [3.63, 3.8) is 0 Å². The molecule has 0 aromatic carbocycles. The molecule has 16 heavy (non-hydrogen) atoms.